The fourth-order valence-electron chi connectivity index (χ4n) is 4.43. The van der Waals surface area contributed by atoms with Gasteiger partial charge in [0.1, 0.15) is 5.82 Å². The quantitative estimate of drug-likeness (QED) is 0.595. The van der Waals surface area contributed by atoms with Crippen LogP contribution in [0.5, 0.6) is 0 Å². The summed E-state index contributed by atoms with van der Waals surface area (Å²) in [6.45, 7) is 6.76. The van der Waals surface area contributed by atoms with Crippen LogP contribution in [0.2, 0.25) is 0 Å². The van der Waals surface area contributed by atoms with Crippen molar-refractivity contribution in [2.24, 2.45) is 0 Å². The summed E-state index contributed by atoms with van der Waals surface area (Å²) in [5, 5.41) is 8.15. The maximum absolute atomic E-state index is 12.8. The summed E-state index contributed by atoms with van der Waals surface area (Å²) in [7, 11) is -3.33. The number of aryl methyl sites for hydroxylation is 1. The van der Waals surface area contributed by atoms with Gasteiger partial charge in [-0.25, -0.2) is 13.4 Å². The zero-order valence-electron chi connectivity index (χ0n) is 18.6. The Labute approximate surface area is 189 Å². The van der Waals surface area contributed by atoms with E-state index < -0.39 is 9.84 Å². The predicted octanol–water partition coefficient (Wildman–Crippen LogP) is 3.29. The first-order valence-corrected chi connectivity index (χ1v) is 12.9. The van der Waals surface area contributed by atoms with Crippen molar-refractivity contribution in [2.75, 3.05) is 35.6 Å². The Morgan fingerprint density at radius 3 is 2.72 bits per heavy atom. The summed E-state index contributed by atoms with van der Waals surface area (Å²) in [4.78, 5) is 12.1. The molecule has 0 saturated heterocycles. The fourth-order valence-corrected chi connectivity index (χ4v) is 5.93. The van der Waals surface area contributed by atoms with Crippen LogP contribution in [0.1, 0.15) is 30.9 Å². The lowest BCUT2D eigenvalue weighted by Crippen LogP contribution is -2.37. The van der Waals surface area contributed by atoms with Gasteiger partial charge in [0.25, 0.3) is 0 Å². The van der Waals surface area contributed by atoms with E-state index >= 15 is 0 Å². The zero-order valence-corrected chi connectivity index (χ0v) is 19.4. The average molecular weight is 452 g/mol. The molecule has 0 atom stereocenters. The minimum atomic E-state index is -3.33. The maximum atomic E-state index is 12.8. The Hall–Kier alpha value is -2.71. The first-order chi connectivity index (χ1) is 15.4. The lowest BCUT2D eigenvalue weighted by atomic mass is 10.1. The first-order valence-electron chi connectivity index (χ1n) is 11.2. The number of aromatic nitrogens is 2. The Morgan fingerprint density at radius 2 is 1.94 bits per heavy atom. The number of hydrogen-bond acceptors (Lipinski definition) is 7. The van der Waals surface area contributed by atoms with Crippen LogP contribution < -0.4 is 15.5 Å². The van der Waals surface area contributed by atoms with Crippen molar-refractivity contribution < 1.29 is 8.42 Å². The van der Waals surface area contributed by atoms with Crippen LogP contribution in [0.15, 0.2) is 47.4 Å². The largest absolute Gasteiger partial charge is 0.368 e. The van der Waals surface area contributed by atoms with E-state index in [-0.39, 0.29) is 11.3 Å². The third-order valence-electron chi connectivity index (χ3n) is 6.42. The van der Waals surface area contributed by atoms with E-state index in [2.05, 4.69) is 30.5 Å². The highest BCUT2D eigenvalue weighted by molar-refractivity contribution is 7.91. The molecule has 8 heteroatoms. The Morgan fingerprint density at radius 1 is 1.12 bits per heavy atom. The van der Waals surface area contributed by atoms with Crippen molar-refractivity contribution in [1.82, 2.24) is 15.3 Å². The van der Waals surface area contributed by atoms with Gasteiger partial charge in [-0.1, -0.05) is 36.8 Å². The van der Waals surface area contributed by atoms with Gasteiger partial charge in [-0.05, 0) is 50.1 Å². The van der Waals surface area contributed by atoms with Gasteiger partial charge in [-0.3, -0.25) is 0 Å². The molecule has 2 N–H and O–H groups in total. The van der Waals surface area contributed by atoms with E-state index in [1.807, 2.05) is 29.2 Å². The topological polar surface area (TPSA) is 87.2 Å². The minimum absolute atomic E-state index is 0.0472. The second kappa shape index (κ2) is 8.01. The number of nitrogens with zero attached hydrogens (tertiary/aromatic N) is 3. The standard InChI is InChI=1S/C24H29N5O2S/c1-3-26-24(10-11-24)16-25-22-19-14-17(2)8-9-20(19)27-23(28-22)29-12-13-32(30,31)21-7-5-4-6-18(21)15-29/h4-9,14,26H,3,10-13,15-16H2,1-2H3,(H,25,27,28). The number of sulfone groups is 1. The van der Waals surface area contributed by atoms with Gasteiger partial charge >= 0.3 is 0 Å². The van der Waals surface area contributed by atoms with Crippen molar-refractivity contribution >= 4 is 32.5 Å². The van der Waals surface area contributed by atoms with Crippen molar-refractivity contribution in [3.05, 3.63) is 53.6 Å². The predicted molar refractivity (Wildman–Crippen MR) is 128 cm³/mol. The van der Waals surface area contributed by atoms with Gasteiger partial charge in [-0.15, -0.1) is 0 Å². The van der Waals surface area contributed by atoms with Gasteiger partial charge in [0, 0.05) is 30.6 Å². The van der Waals surface area contributed by atoms with E-state index in [1.54, 1.807) is 12.1 Å². The zero-order chi connectivity index (χ0) is 22.3. The van der Waals surface area contributed by atoms with Gasteiger partial charge in [0.15, 0.2) is 9.84 Å². The Balaban J connectivity index is 1.52. The molecule has 1 aromatic heterocycles. The summed E-state index contributed by atoms with van der Waals surface area (Å²) in [5.41, 5.74) is 2.94. The van der Waals surface area contributed by atoms with Crippen molar-refractivity contribution in [3.63, 3.8) is 0 Å². The summed E-state index contributed by atoms with van der Waals surface area (Å²) in [6, 6.07) is 13.4. The monoisotopic (exact) mass is 451 g/mol. The van der Waals surface area contributed by atoms with Crippen LogP contribution in [0.3, 0.4) is 0 Å². The van der Waals surface area contributed by atoms with Crippen LogP contribution in [-0.4, -0.2) is 49.3 Å². The molecule has 1 saturated carbocycles. The normalized spacial score (nSPS) is 18.8. The van der Waals surface area contributed by atoms with Crippen LogP contribution in [0.25, 0.3) is 10.9 Å². The second-order valence-electron chi connectivity index (χ2n) is 8.91. The van der Waals surface area contributed by atoms with E-state index in [1.165, 1.54) is 0 Å². The number of hydrogen-bond donors (Lipinski definition) is 2. The number of benzene rings is 2. The number of rotatable bonds is 6. The van der Waals surface area contributed by atoms with Gasteiger partial charge < -0.3 is 15.5 Å². The van der Waals surface area contributed by atoms with Gasteiger partial charge in [-0.2, -0.15) is 4.98 Å². The Bertz CT molecular complexity index is 1270. The third-order valence-corrected chi connectivity index (χ3v) is 8.21. The molecular weight excluding hydrogens is 422 g/mol. The van der Waals surface area contributed by atoms with Crippen LogP contribution >= 0.6 is 0 Å². The molecule has 7 nitrogen and oxygen atoms in total. The van der Waals surface area contributed by atoms with Crippen LogP contribution in [-0.2, 0) is 16.4 Å². The molecule has 0 spiro atoms. The number of anilines is 2. The molecule has 168 valence electrons. The van der Waals surface area contributed by atoms with Crippen molar-refractivity contribution in [2.45, 2.75) is 43.7 Å². The number of nitrogens with one attached hydrogen (secondary N) is 2. The molecule has 0 bridgehead atoms. The molecule has 32 heavy (non-hydrogen) atoms. The molecule has 3 aromatic rings. The summed E-state index contributed by atoms with van der Waals surface area (Å²) < 4.78 is 25.6. The smallest absolute Gasteiger partial charge is 0.228 e. The van der Waals surface area contributed by atoms with E-state index in [0.717, 1.165) is 53.8 Å². The molecule has 2 aromatic carbocycles. The second-order valence-corrected chi connectivity index (χ2v) is 11.0. The molecule has 2 heterocycles. The highest BCUT2D eigenvalue weighted by Gasteiger charge is 2.41. The third kappa shape index (κ3) is 4.04. The maximum Gasteiger partial charge on any atom is 0.228 e. The molecule has 2 aliphatic rings. The van der Waals surface area contributed by atoms with E-state index in [0.29, 0.717) is 23.9 Å². The lowest BCUT2D eigenvalue weighted by Gasteiger charge is -2.23. The first kappa shape index (κ1) is 21.2. The summed E-state index contributed by atoms with van der Waals surface area (Å²) in [6.07, 6.45) is 2.31. The SMILES string of the molecule is CCNC1(CNc2nc(N3CCS(=O)(=O)c4ccccc4C3)nc3ccc(C)cc23)CC1. The highest BCUT2D eigenvalue weighted by atomic mass is 32.2. The lowest BCUT2D eigenvalue weighted by molar-refractivity contribution is 0.536. The van der Waals surface area contributed by atoms with Gasteiger partial charge in [0.2, 0.25) is 5.95 Å². The molecule has 1 aliphatic carbocycles. The Kier molecular flexibility index (Phi) is 5.29. The molecule has 1 aliphatic heterocycles. The van der Waals surface area contributed by atoms with Crippen molar-refractivity contribution in [1.29, 1.82) is 0 Å². The summed E-state index contributed by atoms with van der Waals surface area (Å²) >= 11 is 0. The molecular formula is C24H29N5O2S. The fraction of sp³-hybridized carbons (Fsp3) is 0.417. The van der Waals surface area contributed by atoms with Crippen molar-refractivity contribution in [3.8, 4) is 0 Å². The molecule has 1 fully saturated rings. The average Bonchev–Trinajstić information content (AvgIpc) is 3.56. The number of fused-ring (bicyclic) bond motifs is 2. The van der Waals surface area contributed by atoms with E-state index in [9.17, 15) is 8.42 Å². The number of likely N-dealkylation sites (N-methyl/N-ethyl adjacent to an activating group) is 1. The molecule has 5 rings (SSSR count). The highest BCUT2D eigenvalue weighted by Crippen LogP contribution is 2.36. The minimum Gasteiger partial charge on any atom is -0.368 e. The van der Waals surface area contributed by atoms with E-state index in [4.69, 9.17) is 9.97 Å². The summed E-state index contributed by atoms with van der Waals surface area (Å²) in [5.74, 6) is 1.41. The van der Waals surface area contributed by atoms with Gasteiger partial charge in [0.05, 0.1) is 16.2 Å². The van der Waals surface area contributed by atoms with Crippen LogP contribution in [0, 0.1) is 6.92 Å². The molecule has 0 unspecified atom stereocenters. The van der Waals surface area contributed by atoms with Crippen LogP contribution in [0.4, 0.5) is 11.8 Å². The molecule has 0 amide bonds. The molecule has 0 radical (unpaired) electrons.